The molecule has 1 nitrogen and oxygen atoms in total. The maximum absolute atomic E-state index is 8.79. The van der Waals surface area contributed by atoms with Gasteiger partial charge in [0.15, 0.2) is 0 Å². The van der Waals surface area contributed by atoms with Crippen molar-refractivity contribution < 1.29 is 0 Å². The third kappa shape index (κ3) is 11.5. The van der Waals surface area contributed by atoms with Gasteiger partial charge in [-0.2, -0.15) is 5.26 Å². The number of unbranched alkanes of at least 4 members (excludes halogenated alkanes) is 7. The summed E-state index contributed by atoms with van der Waals surface area (Å²) in [6.07, 6.45) is 15.7. The summed E-state index contributed by atoms with van der Waals surface area (Å²) >= 11 is 0. The minimum absolute atomic E-state index is 0.639. The summed E-state index contributed by atoms with van der Waals surface area (Å²) in [6, 6.07) is 2.29. The predicted octanol–water partition coefficient (Wildman–Crippen LogP) is 5.77. The van der Waals surface area contributed by atoms with Gasteiger partial charge in [-0.3, -0.25) is 0 Å². The molecule has 0 aromatic heterocycles. The van der Waals surface area contributed by atoms with Crippen LogP contribution in [-0.4, -0.2) is 0 Å². The van der Waals surface area contributed by atoms with Crippen LogP contribution in [0.1, 0.15) is 84.5 Å². The van der Waals surface area contributed by atoms with Gasteiger partial charge in [-0.05, 0) is 25.7 Å². The highest BCUT2D eigenvalue weighted by Crippen LogP contribution is 2.15. The fourth-order valence-electron chi connectivity index (χ4n) is 2.02. The van der Waals surface area contributed by atoms with Crippen LogP contribution in [-0.2, 0) is 0 Å². The first-order valence-corrected chi connectivity index (χ1v) is 7.40. The van der Waals surface area contributed by atoms with Crippen LogP contribution in [0, 0.1) is 11.3 Å². The highest BCUT2D eigenvalue weighted by molar-refractivity contribution is 5.07. The van der Waals surface area contributed by atoms with Gasteiger partial charge in [-0.25, -0.2) is 0 Å². The summed E-state index contributed by atoms with van der Waals surface area (Å²) in [6.45, 7) is 4.48. The van der Waals surface area contributed by atoms with Crippen LogP contribution in [0.25, 0.3) is 0 Å². The lowest BCUT2D eigenvalue weighted by Gasteiger charge is -2.03. The molecule has 17 heavy (non-hydrogen) atoms. The van der Waals surface area contributed by atoms with Crippen LogP contribution in [0.5, 0.6) is 0 Å². The van der Waals surface area contributed by atoms with Crippen LogP contribution in [0.15, 0.2) is 11.6 Å². The molecule has 0 aromatic carbocycles. The third-order valence-corrected chi connectivity index (χ3v) is 3.15. The maximum Gasteiger partial charge on any atom is 0.0666 e. The van der Waals surface area contributed by atoms with Crippen molar-refractivity contribution in [3.8, 4) is 6.07 Å². The molecule has 0 amide bonds. The molecule has 0 aliphatic carbocycles. The molecule has 0 heterocycles. The molecule has 0 spiro atoms. The summed E-state index contributed by atoms with van der Waals surface area (Å²) in [5.74, 6) is 0. The fourth-order valence-corrected chi connectivity index (χ4v) is 2.02. The summed E-state index contributed by atoms with van der Waals surface area (Å²) < 4.78 is 0. The van der Waals surface area contributed by atoms with Crippen LogP contribution < -0.4 is 0 Å². The van der Waals surface area contributed by atoms with Gasteiger partial charge in [0.1, 0.15) is 0 Å². The number of rotatable bonds is 11. The van der Waals surface area contributed by atoms with E-state index in [0.29, 0.717) is 6.42 Å². The Balaban J connectivity index is 3.71. The number of nitriles is 1. The van der Waals surface area contributed by atoms with Gasteiger partial charge in [0, 0.05) is 0 Å². The average molecular weight is 235 g/mol. The zero-order valence-electron chi connectivity index (χ0n) is 11.8. The number of hydrogen-bond acceptors (Lipinski definition) is 1. The van der Waals surface area contributed by atoms with Crippen LogP contribution in [0.4, 0.5) is 0 Å². The molecule has 0 rings (SSSR count). The fraction of sp³-hybridized carbons (Fsp3) is 0.812. The molecular weight excluding hydrogens is 206 g/mol. The van der Waals surface area contributed by atoms with E-state index in [4.69, 9.17) is 5.26 Å². The minimum atomic E-state index is 0.639. The molecule has 0 saturated heterocycles. The first-order chi connectivity index (χ1) is 8.35. The molecule has 1 heteroatoms. The molecule has 0 atom stereocenters. The van der Waals surface area contributed by atoms with Crippen LogP contribution in [0.2, 0.25) is 0 Å². The van der Waals surface area contributed by atoms with E-state index >= 15 is 0 Å². The van der Waals surface area contributed by atoms with Gasteiger partial charge in [0.05, 0.1) is 12.5 Å². The lowest BCUT2D eigenvalue weighted by Crippen LogP contribution is -1.85. The first-order valence-electron chi connectivity index (χ1n) is 7.40. The van der Waals surface area contributed by atoms with Gasteiger partial charge < -0.3 is 0 Å². The maximum atomic E-state index is 8.79. The third-order valence-electron chi connectivity index (χ3n) is 3.15. The van der Waals surface area contributed by atoms with E-state index in [0.717, 1.165) is 6.42 Å². The van der Waals surface area contributed by atoms with Crippen molar-refractivity contribution in [1.29, 1.82) is 5.26 Å². The molecule has 0 bridgehead atoms. The zero-order chi connectivity index (χ0) is 12.8. The molecule has 0 aliphatic rings. The van der Waals surface area contributed by atoms with E-state index in [9.17, 15) is 0 Å². The second-order valence-corrected chi connectivity index (χ2v) is 4.86. The van der Waals surface area contributed by atoms with Gasteiger partial charge >= 0.3 is 0 Å². The van der Waals surface area contributed by atoms with Gasteiger partial charge in [-0.15, -0.1) is 0 Å². The normalized spacial score (nSPS) is 11.5. The first kappa shape index (κ1) is 16.2. The smallest absolute Gasteiger partial charge is 0.0666 e. The summed E-state index contributed by atoms with van der Waals surface area (Å²) in [4.78, 5) is 0. The standard InChI is InChI=1S/C16H29N/c1-3-5-7-9-11-13-16(14-15-17)12-10-8-6-4-2/h13H,3-12,14H2,1-2H3. The van der Waals surface area contributed by atoms with E-state index in [1.54, 1.807) is 0 Å². The van der Waals surface area contributed by atoms with E-state index in [2.05, 4.69) is 26.0 Å². The summed E-state index contributed by atoms with van der Waals surface area (Å²) in [5, 5.41) is 8.79. The van der Waals surface area contributed by atoms with Gasteiger partial charge in [0.2, 0.25) is 0 Å². The Hall–Kier alpha value is -0.770. The van der Waals surface area contributed by atoms with Gasteiger partial charge in [-0.1, -0.05) is 64.0 Å². The summed E-state index contributed by atoms with van der Waals surface area (Å²) in [5.41, 5.74) is 1.38. The molecule has 0 unspecified atom stereocenters. The quantitative estimate of drug-likeness (QED) is 0.329. The Morgan fingerprint density at radius 2 is 1.59 bits per heavy atom. The average Bonchev–Trinajstić information content (AvgIpc) is 2.34. The highest BCUT2D eigenvalue weighted by atomic mass is 14.2. The van der Waals surface area contributed by atoms with Crippen molar-refractivity contribution in [2.24, 2.45) is 0 Å². The molecule has 0 radical (unpaired) electrons. The van der Waals surface area contributed by atoms with Crippen molar-refractivity contribution in [2.75, 3.05) is 0 Å². The summed E-state index contributed by atoms with van der Waals surface area (Å²) in [7, 11) is 0. The van der Waals surface area contributed by atoms with Crippen molar-refractivity contribution >= 4 is 0 Å². The molecule has 0 fully saturated rings. The minimum Gasteiger partial charge on any atom is -0.198 e. The van der Waals surface area contributed by atoms with Crippen LogP contribution in [0.3, 0.4) is 0 Å². The lowest BCUT2D eigenvalue weighted by molar-refractivity contribution is 0.652. The molecule has 0 aliphatic heterocycles. The monoisotopic (exact) mass is 235 g/mol. The van der Waals surface area contributed by atoms with Crippen LogP contribution >= 0.6 is 0 Å². The Labute approximate surface area is 108 Å². The van der Waals surface area contributed by atoms with E-state index < -0.39 is 0 Å². The Morgan fingerprint density at radius 3 is 2.18 bits per heavy atom. The number of hydrogen-bond donors (Lipinski definition) is 0. The molecular formula is C16H29N. The molecule has 98 valence electrons. The molecule has 0 N–H and O–H groups in total. The van der Waals surface area contributed by atoms with Crippen molar-refractivity contribution in [3.63, 3.8) is 0 Å². The van der Waals surface area contributed by atoms with Gasteiger partial charge in [0.25, 0.3) is 0 Å². The predicted molar refractivity (Wildman–Crippen MR) is 75.8 cm³/mol. The second-order valence-electron chi connectivity index (χ2n) is 4.86. The number of allylic oxidation sites excluding steroid dienone is 2. The molecule has 0 saturated carbocycles. The van der Waals surface area contributed by atoms with E-state index in [1.165, 1.54) is 63.4 Å². The van der Waals surface area contributed by atoms with E-state index in [1.807, 2.05) is 0 Å². The van der Waals surface area contributed by atoms with E-state index in [-0.39, 0.29) is 0 Å². The highest BCUT2D eigenvalue weighted by Gasteiger charge is 1.97. The Morgan fingerprint density at radius 1 is 0.941 bits per heavy atom. The molecule has 0 aromatic rings. The largest absolute Gasteiger partial charge is 0.198 e. The van der Waals surface area contributed by atoms with Crippen molar-refractivity contribution in [1.82, 2.24) is 0 Å². The Bertz CT molecular complexity index is 222. The number of nitrogens with zero attached hydrogens (tertiary/aromatic N) is 1. The zero-order valence-corrected chi connectivity index (χ0v) is 11.8. The lowest BCUT2D eigenvalue weighted by atomic mass is 10.0. The second kappa shape index (κ2) is 13.3. The SMILES string of the molecule is CCCCCCC=C(CC#N)CCCCCC. The Kier molecular flexibility index (Phi) is 12.7. The topological polar surface area (TPSA) is 23.8 Å². The van der Waals surface area contributed by atoms with Crippen molar-refractivity contribution in [2.45, 2.75) is 84.5 Å². The van der Waals surface area contributed by atoms with Crippen molar-refractivity contribution in [3.05, 3.63) is 11.6 Å².